The lowest BCUT2D eigenvalue weighted by Gasteiger charge is -2.06. The lowest BCUT2D eigenvalue weighted by Crippen LogP contribution is -2.28. The second-order valence-electron chi connectivity index (χ2n) is 3.67. The number of carbonyl (C=O) groups is 2. The molecule has 130 valence electrons. The molecule has 0 atom stereocenters. The predicted molar refractivity (Wildman–Crippen MR) is 85.1 cm³/mol. The average molecular weight is 310 g/mol. The minimum Gasteiger partial charge on any atom is -0.466 e. The normalized spacial score (nSPS) is 9.52. The van der Waals surface area contributed by atoms with Crippen molar-refractivity contribution >= 4 is 11.9 Å². The van der Waals surface area contributed by atoms with Crippen LogP contribution in [0.4, 0.5) is 0 Å². The van der Waals surface area contributed by atoms with Crippen molar-refractivity contribution in [3.8, 4) is 0 Å². The van der Waals surface area contributed by atoms with E-state index in [1.54, 1.807) is 6.92 Å². The van der Waals surface area contributed by atoms with Crippen LogP contribution in [0.25, 0.3) is 0 Å². The molecular weight excluding hydrogens is 276 g/mol. The van der Waals surface area contributed by atoms with E-state index in [9.17, 15) is 9.59 Å². The van der Waals surface area contributed by atoms with Crippen molar-refractivity contribution in [1.82, 2.24) is 5.32 Å². The van der Waals surface area contributed by atoms with Crippen molar-refractivity contribution < 1.29 is 26.7 Å². The Hall–Kier alpha value is -1.18. The van der Waals surface area contributed by atoms with Crippen LogP contribution in [0.5, 0.6) is 0 Å². The fourth-order valence-electron chi connectivity index (χ4n) is 1.21. The second kappa shape index (κ2) is 18.8. The van der Waals surface area contributed by atoms with E-state index in [0.717, 1.165) is 0 Å². The monoisotopic (exact) mass is 310 g/mol. The summed E-state index contributed by atoms with van der Waals surface area (Å²) in [7, 11) is 0. The summed E-state index contributed by atoms with van der Waals surface area (Å²) in [6.45, 7) is 8.87. The Kier molecular flexibility index (Phi) is 19.8. The molecule has 0 saturated heterocycles. The minimum absolute atomic E-state index is 0. The number of hydrogen-bond acceptors (Lipinski definition) is 6. The number of hydrogen-bond donors (Lipinski definition) is 2. The van der Waals surface area contributed by atoms with Crippen LogP contribution in [0.2, 0.25) is 0 Å². The molecule has 0 rings (SSSR count). The van der Waals surface area contributed by atoms with Crippen molar-refractivity contribution in [2.45, 2.75) is 33.6 Å². The first-order valence-electron chi connectivity index (χ1n) is 7.48. The van der Waals surface area contributed by atoms with Gasteiger partial charge in [0.1, 0.15) is 0 Å². The third-order valence-electron chi connectivity index (χ3n) is 2.06. The SMILES string of the molecule is CC.CCOC(=O)CCC(=O)NCCOCCOCCN.[HH].[HH]. The van der Waals surface area contributed by atoms with E-state index >= 15 is 0 Å². The topological polar surface area (TPSA) is 99.9 Å². The summed E-state index contributed by atoms with van der Waals surface area (Å²) in [5.74, 6) is -0.540. The number of rotatable bonds is 12. The molecule has 0 aliphatic carbocycles. The number of nitrogens with two attached hydrogens (primary N) is 1. The van der Waals surface area contributed by atoms with E-state index in [0.29, 0.717) is 46.1 Å². The molecule has 0 bridgehead atoms. The minimum atomic E-state index is -0.356. The van der Waals surface area contributed by atoms with Crippen LogP contribution in [0.1, 0.15) is 36.5 Å². The first kappa shape index (κ1) is 22.1. The van der Waals surface area contributed by atoms with Crippen LogP contribution in [0.15, 0.2) is 0 Å². The van der Waals surface area contributed by atoms with Gasteiger partial charge in [-0.1, -0.05) is 13.8 Å². The number of esters is 1. The summed E-state index contributed by atoms with van der Waals surface area (Å²) in [6.07, 6.45) is 0.242. The lowest BCUT2D eigenvalue weighted by atomic mass is 10.3. The third kappa shape index (κ3) is 18.8. The van der Waals surface area contributed by atoms with Crippen molar-refractivity contribution in [3.63, 3.8) is 0 Å². The Bertz CT molecular complexity index is 259. The Balaban J connectivity index is -0.000000432. The molecule has 0 spiro atoms. The molecule has 0 aromatic rings. The van der Waals surface area contributed by atoms with Gasteiger partial charge in [0, 0.05) is 22.4 Å². The molecule has 0 saturated carbocycles. The number of nitrogens with one attached hydrogen (secondary N) is 1. The fraction of sp³-hybridized carbons (Fsp3) is 0.857. The van der Waals surface area contributed by atoms with E-state index in [2.05, 4.69) is 5.32 Å². The Morgan fingerprint density at radius 3 is 2.24 bits per heavy atom. The molecule has 0 fully saturated rings. The van der Waals surface area contributed by atoms with Crippen molar-refractivity contribution in [2.75, 3.05) is 46.1 Å². The van der Waals surface area contributed by atoms with Crippen LogP contribution in [0.3, 0.4) is 0 Å². The maximum atomic E-state index is 11.3. The van der Waals surface area contributed by atoms with Gasteiger partial charge in [0.05, 0.1) is 39.5 Å². The summed E-state index contributed by atoms with van der Waals surface area (Å²) in [5, 5.41) is 2.65. The van der Waals surface area contributed by atoms with Gasteiger partial charge in [-0.2, -0.15) is 0 Å². The molecule has 7 nitrogen and oxygen atoms in total. The Morgan fingerprint density at radius 1 is 1.05 bits per heavy atom. The van der Waals surface area contributed by atoms with Crippen LogP contribution >= 0.6 is 0 Å². The lowest BCUT2D eigenvalue weighted by molar-refractivity contribution is -0.144. The van der Waals surface area contributed by atoms with E-state index in [1.807, 2.05) is 13.8 Å². The molecule has 0 heterocycles. The summed E-state index contributed by atoms with van der Waals surface area (Å²) in [6, 6.07) is 0. The van der Waals surface area contributed by atoms with Gasteiger partial charge in [-0.15, -0.1) is 0 Å². The molecular formula is C14H34N2O5. The van der Waals surface area contributed by atoms with Crippen LogP contribution in [0, 0.1) is 0 Å². The number of carbonyl (C=O) groups excluding carboxylic acids is 2. The molecule has 0 aliphatic rings. The highest BCUT2D eigenvalue weighted by Gasteiger charge is 2.06. The molecule has 0 radical (unpaired) electrons. The fourth-order valence-corrected chi connectivity index (χ4v) is 1.21. The van der Waals surface area contributed by atoms with Gasteiger partial charge >= 0.3 is 5.97 Å². The largest absolute Gasteiger partial charge is 0.466 e. The average Bonchev–Trinajstić information content (AvgIpc) is 2.50. The van der Waals surface area contributed by atoms with Crippen LogP contribution < -0.4 is 11.1 Å². The zero-order valence-electron chi connectivity index (χ0n) is 13.5. The van der Waals surface area contributed by atoms with Crippen LogP contribution in [-0.4, -0.2) is 58.0 Å². The summed E-state index contributed by atoms with van der Waals surface area (Å²) < 4.78 is 15.0. The molecule has 0 unspecified atom stereocenters. The number of ether oxygens (including phenoxy) is 3. The molecule has 3 N–H and O–H groups in total. The maximum Gasteiger partial charge on any atom is 0.306 e. The molecule has 1 amide bonds. The summed E-state index contributed by atoms with van der Waals surface area (Å²) in [4.78, 5) is 22.3. The zero-order valence-corrected chi connectivity index (χ0v) is 13.5. The summed E-state index contributed by atoms with van der Waals surface area (Å²) in [5.41, 5.74) is 5.25. The number of amides is 1. The van der Waals surface area contributed by atoms with Gasteiger partial charge in [0.15, 0.2) is 0 Å². The first-order valence-corrected chi connectivity index (χ1v) is 7.48. The van der Waals surface area contributed by atoms with Gasteiger partial charge in [0.2, 0.25) is 5.91 Å². The highest BCUT2D eigenvalue weighted by molar-refractivity contribution is 5.81. The molecule has 0 aromatic heterocycles. The summed E-state index contributed by atoms with van der Waals surface area (Å²) >= 11 is 0. The van der Waals surface area contributed by atoms with E-state index in [-0.39, 0.29) is 27.6 Å². The Labute approximate surface area is 130 Å². The smallest absolute Gasteiger partial charge is 0.306 e. The molecule has 0 aliphatic heterocycles. The predicted octanol–water partition coefficient (Wildman–Crippen LogP) is 0.956. The Morgan fingerprint density at radius 2 is 1.67 bits per heavy atom. The van der Waals surface area contributed by atoms with Gasteiger partial charge in [-0.05, 0) is 6.92 Å². The van der Waals surface area contributed by atoms with Crippen molar-refractivity contribution in [3.05, 3.63) is 0 Å². The maximum absolute atomic E-state index is 11.3. The highest BCUT2D eigenvalue weighted by Crippen LogP contribution is 1.92. The molecule has 21 heavy (non-hydrogen) atoms. The van der Waals surface area contributed by atoms with Crippen LogP contribution in [-0.2, 0) is 23.8 Å². The quantitative estimate of drug-likeness (QED) is 0.411. The zero-order chi connectivity index (χ0) is 16.3. The van der Waals surface area contributed by atoms with Gasteiger partial charge in [0.25, 0.3) is 0 Å². The first-order chi connectivity index (χ1) is 10.2. The molecule has 7 heteroatoms. The van der Waals surface area contributed by atoms with E-state index in [1.165, 1.54) is 0 Å². The van der Waals surface area contributed by atoms with Gasteiger partial charge in [-0.3, -0.25) is 9.59 Å². The van der Waals surface area contributed by atoms with Crippen molar-refractivity contribution in [2.24, 2.45) is 5.73 Å². The standard InChI is InChI=1S/C12H24N2O5.C2H6.2H2/c1-2-19-12(16)4-3-11(15)14-6-8-18-10-9-17-7-5-13;1-2;;/h2-10,13H2,1H3,(H,14,15);1-2H3;2*1H. The van der Waals surface area contributed by atoms with Gasteiger partial charge < -0.3 is 25.3 Å². The van der Waals surface area contributed by atoms with Gasteiger partial charge in [-0.25, -0.2) is 0 Å². The molecule has 0 aromatic carbocycles. The van der Waals surface area contributed by atoms with E-state index in [4.69, 9.17) is 19.9 Å². The highest BCUT2D eigenvalue weighted by atomic mass is 16.5. The van der Waals surface area contributed by atoms with Crippen molar-refractivity contribution in [1.29, 1.82) is 0 Å². The van der Waals surface area contributed by atoms with E-state index < -0.39 is 0 Å². The second-order valence-corrected chi connectivity index (χ2v) is 3.67. The third-order valence-corrected chi connectivity index (χ3v) is 2.06.